The van der Waals surface area contributed by atoms with Gasteiger partial charge in [0.2, 0.25) is 5.91 Å². The molecule has 1 aromatic carbocycles. The Labute approximate surface area is 168 Å². The highest BCUT2D eigenvalue weighted by Crippen LogP contribution is 2.27. The molecule has 27 heavy (non-hydrogen) atoms. The first-order valence-electron chi connectivity index (χ1n) is 8.40. The van der Waals surface area contributed by atoms with Gasteiger partial charge in [0.15, 0.2) is 0 Å². The molecule has 1 saturated heterocycles. The van der Waals surface area contributed by atoms with Gasteiger partial charge in [-0.1, -0.05) is 27.5 Å². The van der Waals surface area contributed by atoms with Crippen LogP contribution in [0, 0.1) is 0 Å². The second-order valence-electron chi connectivity index (χ2n) is 6.15. The molecular weight excluding hydrogens is 453 g/mol. The summed E-state index contributed by atoms with van der Waals surface area (Å²) in [6.07, 6.45) is -3.51. The second kappa shape index (κ2) is 9.64. The van der Waals surface area contributed by atoms with Crippen LogP contribution in [0.25, 0.3) is 0 Å². The summed E-state index contributed by atoms with van der Waals surface area (Å²) in [7, 11) is 0. The molecule has 5 nitrogen and oxygen atoms in total. The van der Waals surface area contributed by atoms with E-state index in [1.54, 1.807) is 23.1 Å². The summed E-state index contributed by atoms with van der Waals surface area (Å²) in [4.78, 5) is 24.7. The highest BCUT2D eigenvalue weighted by atomic mass is 79.9. The summed E-state index contributed by atoms with van der Waals surface area (Å²) in [5.41, 5.74) is 0. The quantitative estimate of drug-likeness (QED) is 0.640. The fourth-order valence-electron chi connectivity index (χ4n) is 2.70. The predicted molar refractivity (Wildman–Crippen MR) is 97.7 cm³/mol. The van der Waals surface area contributed by atoms with Crippen molar-refractivity contribution in [1.82, 2.24) is 10.2 Å². The Morgan fingerprint density at radius 2 is 1.96 bits per heavy atom. The molecule has 1 heterocycles. The zero-order chi connectivity index (χ0) is 20.0. The molecule has 2 amide bonds. The monoisotopic (exact) mass is 470 g/mol. The van der Waals surface area contributed by atoms with Crippen LogP contribution in [-0.4, -0.2) is 48.6 Å². The van der Waals surface area contributed by atoms with E-state index in [4.69, 9.17) is 16.3 Å². The number of rotatable bonds is 6. The zero-order valence-corrected chi connectivity index (χ0v) is 16.7. The minimum absolute atomic E-state index is 0.0823. The number of piperidine rings is 1. The maximum atomic E-state index is 12.3. The largest absolute Gasteiger partial charge is 0.492 e. The fraction of sp³-hybridized carbons (Fsp3) is 0.529. The predicted octanol–water partition coefficient (Wildman–Crippen LogP) is 3.93. The van der Waals surface area contributed by atoms with Gasteiger partial charge in [-0.25, -0.2) is 0 Å². The molecule has 0 radical (unpaired) electrons. The van der Waals surface area contributed by atoms with Crippen molar-refractivity contribution < 1.29 is 27.5 Å². The van der Waals surface area contributed by atoms with Crippen LogP contribution < -0.4 is 10.1 Å². The normalized spacial score (nSPS) is 15.5. The van der Waals surface area contributed by atoms with E-state index in [0.717, 1.165) is 4.47 Å². The molecule has 1 aliphatic rings. The molecule has 1 fully saturated rings. The van der Waals surface area contributed by atoms with Crippen molar-refractivity contribution in [2.75, 3.05) is 19.7 Å². The molecule has 0 spiro atoms. The van der Waals surface area contributed by atoms with Gasteiger partial charge in [0.25, 0.3) is 0 Å². The lowest BCUT2D eigenvalue weighted by molar-refractivity contribution is -0.174. The third-order valence-electron chi connectivity index (χ3n) is 4.13. The summed E-state index contributed by atoms with van der Waals surface area (Å²) in [5.74, 6) is -1.48. The van der Waals surface area contributed by atoms with Gasteiger partial charge in [-0.15, -0.1) is 0 Å². The Morgan fingerprint density at radius 3 is 2.56 bits per heavy atom. The molecule has 10 heteroatoms. The molecule has 150 valence electrons. The molecule has 0 unspecified atom stereocenters. The Hall–Kier alpha value is -1.48. The first kappa shape index (κ1) is 21.8. The lowest BCUT2D eigenvalue weighted by atomic mass is 10.0. The summed E-state index contributed by atoms with van der Waals surface area (Å²) in [6, 6.07) is 4.68. The van der Waals surface area contributed by atoms with Gasteiger partial charge in [-0.2, -0.15) is 13.2 Å². The minimum atomic E-state index is -4.88. The van der Waals surface area contributed by atoms with Gasteiger partial charge in [-0.05, 0) is 37.5 Å². The van der Waals surface area contributed by atoms with Crippen molar-refractivity contribution in [3.05, 3.63) is 27.7 Å². The number of amides is 2. The van der Waals surface area contributed by atoms with Gasteiger partial charge >= 0.3 is 12.1 Å². The van der Waals surface area contributed by atoms with Crippen LogP contribution >= 0.6 is 27.5 Å². The number of likely N-dealkylation sites (tertiary alicyclic amines) is 1. The second-order valence-corrected chi connectivity index (χ2v) is 7.48. The number of carbonyl (C=O) groups excluding carboxylic acids is 2. The van der Waals surface area contributed by atoms with Gasteiger partial charge in [0.05, 0.1) is 11.6 Å². The highest BCUT2D eigenvalue weighted by Gasteiger charge is 2.40. The summed E-state index contributed by atoms with van der Waals surface area (Å²) in [6.45, 7) is 0.966. The lowest BCUT2D eigenvalue weighted by Gasteiger charge is -2.32. The van der Waals surface area contributed by atoms with E-state index in [0.29, 0.717) is 49.7 Å². The first-order chi connectivity index (χ1) is 12.7. The molecule has 1 N–H and O–H groups in total. The molecule has 1 aromatic rings. The standard InChI is InChI=1S/C17H19BrClF3N2O3/c18-11-3-4-14(13(19)10-11)27-9-1-2-15(25)24-7-5-12(6-8-24)23-16(26)17(20,21)22/h3-4,10,12H,1-2,5-9H2,(H,23,26). The molecule has 0 aromatic heterocycles. The van der Waals surface area contributed by atoms with Crippen molar-refractivity contribution >= 4 is 39.3 Å². The lowest BCUT2D eigenvalue weighted by Crippen LogP contribution is -2.49. The van der Waals surface area contributed by atoms with Gasteiger partial charge in [-0.3, -0.25) is 9.59 Å². The Balaban J connectivity index is 1.66. The van der Waals surface area contributed by atoms with E-state index in [2.05, 4.69) is 15.9 Å². The van der Waals surface area contributed by atoms with E-state index in [1.165, 1.54) is 0 Å². The van der Waals surface area contributed by atoms with Crippen LogP contribution in [0.3, 0.4) is 0 Å². The molecule has 0 bridgehead atoms. The number of alkyl halides is 3. The average Bonchev–Trinajstić information content (AvgIpc) is 2.59. The van der Waals surface area contributed by atoms with E-state index in [-0.39, 0.29) is 12.3 Å². The van der Waals surface area contributed by atoms with Crippen molar-refractivity contribution in [3.63, 3.8) is 0 Å². The van der Waals surface area contributed by atoms with E-state index in [1.807, 2.05) is 5.32 Å². The zero-order valence-electron chi connectivity index (χ0n) is 14.3. The number of halogens is 5. The third-order valence-corrected chi connectivity index (χ3v) is 4.92. The Bertz CT molecular complexity index is 680. The summed E-state index contributed by atoms with van der Waals surface area (Å²) >= 11 is 9.34. The third kappa shape index (κ3) is 6.88. The van der Waals surface area contributed by atoms with Gasteiger partial charge < -0.3 is 15.0 Å². The van der Waals surface area contributed by atoms with Crippen LogP contribution in [-0.2, 0) is 9.59 Å². The van der Waals surface area contributed by atoms with E-state index < -0.39 is 18.1 Å². The van der Waals surface area contributed by atoms with Crippen molar-refractivity contribution in [1.29, 1.82) is 0 Å². The van der Waals surface area contributed by atoms with Crippen molar-refractivity contribution in [2.45, 2.75) is 37.9 Å². The molecular formula is C17H19BrClF3N2O3. The summed E-state index contributed by atoms with van der Waals surface area (Å²) < 4.78 is 43.1. The van der Waals surface area contributed by atoms with Crippen LogP contribution in [0.5, 0.6) is 5.75 Å². The Morgan fingerprint density at radius 1 is 1.30 bits per heavy atom. The smallest absolute Gasteiger partial charge is 0.471 e. The topological polar surface area (TPSA) is 58.6 Å². The van der Waals surface area contributed by atoms with Crippen LogP contribution in [0.2, 0.25) is 5.02 Å². The molecule has 0 aliphatic carbocycles. The molecule has 0 saturated carbocycles. The fourth-order valence-corrected chi connectivity index (χ4v) is 3.42. The van der Waals surface area contributed by atoms with Crippen molar-refractivity contribution in [2.24, 2.45) is 0 Å². The number of carbonyl (C=O) groups is 2. The number of benzene rings is 1. The molecule has 0 atom stereocenters. The van der Waals surface area contributed by atoms with E-state index in [9.17, 15) is 22.8 Å². The van der Waals surface area contributed by atoms with Gasteiger partial charge in [0, 0.05) is 30.0 Å². The maximum Gasteiger partial charge on any atom is 0.471 e. The Kier molecular flexibility index (Phi) is 7.79. The van der Waals surface area contributed by atoms with Crippen molar-refractivity contribution in [3.8, 4) is 5.75 Å². The van der Waals surface area contributed by atoms with Gasteiger partial charge in [0.1, 0.15) is 5.75 Å². The SMILES string of the molecule is O=C(CCCOc1ccc(Br)cc1Cl)N1CCC(NC(=O)C(F)(F)F)CC1. The number of ether oxygens (including phenoxy) is 1. The minimum Gasteiger partial charge on any atom is -0.492 e. The van der Waals surface area contributed by atoms with E-state index >= 15 is 0 Å². The highest BCUT2D eigenvalue weighted by molar-refractivity contribution is 9.10. The van der Waals surface area contributed by atoms with Crippen LogP contribution in [0.15, 0.2) is 22.7 Å². The molecule has 1 aliphatic heterocycles. The summed E-state index contributed by atoms with van der Waals surface area (Å²) in [5, 5.41) is 2.43. The number of hydrogen-bond donors (Lipinski definition) is 1. The number of hydrogen-bond acceptors (Lipinski definition) is 3. The van der Waals surface area contributed by atoms with Crippen LogP contribution in [0.4, 0.5) is 13.2 Å². The maximum absolute atomic E-state index is 12.3. The number of nitrogens with zero attached hydrogens (tertiary/aromatic N) is 1. The number of nitrogens with one attached hydrogen (secondary N) is 1. The average molecular weight is 472 g/mol. The first-order valence-corrected chi connectivity index (χ1v) is 9.57. The molecule has 2 rings (SSSR count). The van der Waals surface area contributed by atoms with Crippen LogP contribution in [0.1, 0.15) is 25.7 Å².